The first kappa shape index (κ1) is 15.1. The molecule has 21 heavy (non-hydrogen) atoms. The molecule has 0 saturated heterocycles. The van der Waals surface area contributed by atoms with Gasteiger partial charge in [0.15, 0.2) is 0 Å². The molecule has 2 rings (SSSR count). The molecule has 3 nitrogen and oxygen atoms in total. The van der Waals surface area contributed by atoms with Crippen molar-refractivity contribution in [2.24, 2.45) is 0 Å². The summed E-state index contributed by atoms with van der Waals surface area (Å²) >= 11 is 0. The highest BCUT2D eigenvalue weighted by Crippen LogP contribution is 2.21. The molecule has 3 heteroatoms. The van der Waals surface area contributed by atoms with Crippen LogP contribution in [0, 0.1) is 0 Å². The Bertz CT molecular complexity index is 578. The molecule has 0 saturated carbocycles. The van der Waals surface area contributed by atoms with Gasteiger partial charge < -0.3 is 10.0 Å². The van der Waals surface area contributed by atoms with Crippen molar-refractivity contribution in [3.8, 4) is 5.75 Å². The van der Waals surface area contributed by atoms with Gasteiger partial charge in [-0.1, -0.05) is 42.5 Å². The molecule has 0 heterocycles. The molecule has 2 aromatic rings. The largest absolute Gasteiger partial charge is 0.508 e. The predicted molar refractivity (Wildman–Crippen MR) is 84.1 cm³/mol. The van der Waals surface area contributed by atoms with Gasteiger partial charge in [0.25, 0.3) is 0 Å². The van der Waals surface area contributed by atoms with Crippen molar-refractivity contribution in [3.05, 3.63) is 65.7 Å². The molecule has 1 unspecified atom stereocenters. The van der Waals surface area contributed by atoms with Gasteiger partial charge in [0.1, 0.15) is 5.75 Å². The van der Waals surface area contributed by atoms with Gasteiger partial charge in [0, 0.05) is 13.5 Å². The number of amides is 1. The highest BCUT2D eigenvalue weighted by atomic mass is 16.3. The van der Waals surface area contributed by atoms with Crippen LogP contribution in [0.15, 0.2) is 54.6 Å². The monoisotopic (exact) mass is 283 g/mol. The zero-order chi connectivity index (χ0) is 15.2. The Labute approximate surface area is 125 Å². The first-order valence-electron chi connectivity index (χ1n) is 7.16. The number of carbonyl (C=O) groups excluding carboxylic acids is 1. The summed E-state index contributed by atoms with van der Waals surface area (Å²) in [6.45, 7) is 1.99. The van der Waals surface area contributed by atoms with E-state index in [1.54, 1.807) is 17.0 Å². The molecule has 0 bridgehead atoms. The smallest absolute Gasteiger partial charge is 0.223 e. The number of rotatable bonds is 5. The number of hydrogen-bond acceptors (Lipinski definition) is 2. The Morgan fingerprint density at radius 1 is 1.10 bits per heavy atom. The van der Waals surface area contributed by atoms with Crippen LogP contribution in [0.1, 0.15) is 30.5 Å². The molecule has 0 aliphatic rings. The van der Waals surface area contributed by atoms with Gasteiger partial charge in [-0.25, -0.2) is 0 Å². The van der Waals surface area contributed by atoms with Crippen molar-refractivity contribution in [2.45, 2.75) is 25.8 Å². The van der Waals surface area contributed by atoms with Crippen molar-refractivity contribution in [3.63, 3.8) is 0 Å². The minimum Gasteiger partial charge on any atom is -0.508 e. The van der Waals surface area contributed by atoms with Gasteiger partial charge in [-0.3, -0.25) is 4.79 Å². The lowest BCUT2D eigenvalue weighted by Crippen LogP contribution is -2.29. The fourth-order valence-electron chi connectivity index (χ4n) is 2.26. The third kappa shape index (κ3) is 4.09. The fourth-order valence-corrected chi connectivity index (χ4v) is 2.26. The quantitative estimate of drug-likeness (QED) is 0.911. The molecule has 0 spiro atoms. The summed E-state index contributed by atoms with van der Waals surface area (Å²) < 4.78 is 0. The fraction of sp³-hybridized carbons (Fsp3) is 0.278. The SMILES string of the molecule is CC(c1ccc(O)cc1)N(C)C(=O)CCc1ccccc1. The van der Waals surface area contributed by atoms with Crippen LogP contribution in [-0.2, 0) is 11.2 Å². The molecular weight excluding hydrogens is 262 g/mol. The van der Waals surface area contributed by atoms with Gasteiger partial charge >= 0.3 is 0 Å². The van der Waals surface area contributed by atoms with E-state index in [0.29, 0.717) is 6.42 Å². The summed E-state index contributed by atoms with van der Waals surface area (Å²) in [7, 11) is 1.82. The molecule has 1 N–H and O–H groups in total. The highest BCUT2D eigenvalue weighted by molar-refractivity contribution is 5.76. The first-order valence-corrected chi connectivity index (χ1v) is 7.16. The number of hydrogen-bond donors (Lipinski definition) is 1. The van der Waals surface area contributed by atoms with Crippen molar-refractivity contribution >= 4 is 5.91 Å². The van der Waals surface area contributed by atoms with Gasteiger partial charge in [0.05, 0.1) is 6.04 Å². The molecule has 0 aromatic heterocycles. The Hall–Kier alpha value is -2.29. The van der Waals surface area contributed by atoms with Crippen LogP contribution in [0.3, 0.4) is 0 Å². The van der Waals surface area contributed by atoms with E-state index in [-0.39, 0.29) is 17.7 Å². The van der Waals surface area contributed by atoms with E-state index in [9.17, 15) is 9.90 Å². The van der Waals surface area contributed by atoms with E-state index in [4.69, 9.17) is 0 Å². The van der Waals surface area contributed by atoms with Gasteiger partial charge in [-0.2, -0.15) is 0 Å². The normalized spacial score (nSPS) is 11.9. The topological polar surface area (TPSA) is 40.5 Å². The molecule has 0 fully saturated rings. The summed E-state index contributed by atoms with van der Waals surface area (Å²) in [5.41, 5.74) is 2.19. The van der Waals surface area contributed by atoms with Crippen molar-refractivity contribution in [1.82, 2.24) is 4.90 Å². The second-order valence-corrected chi connectivity index (χ2v) is 5.26. The van der Waals surface area contributed by atoms with E-state index in [1.165, 1.54) is 5.56 Å². The standard InChI is InChI=1S/C18H21NO2/c1-14(16-9-11-17(20)12-10-16)19(2)18(21)13-8-15-6-4-3-5-7-15/h3-7,9-12,14,20H,8,13H2,1-2H3. The minimum atomic E-state index is -0.00567. The summed E-state index contributed by atoms with van der Waals surface area (Å²) in [5, 5.41) is 9.32. The number of carbonyl (C=O) groups is 1. The van der Waals surface area contributed by atoms with Crippen LogP contribution in [0.25, 0.3) is 0 Å². The first-order chi connectivity index (χ1) is 10.1. The van der Waals surface area contributed by atoms with Crippen molar-refractivity contribution < 1.29 is 9.90 Å². The van der Waals surface area contributed by atoms with E-state index in [0.717, 1.165) is 12.0 Å². The lowest BCUT2D eigenvalue weighted by Gasteiger charge is -2.25. The predicted octanol–water partition coefficient (Wildman–Crippen LogP) is 3.54. The molecule has 2 aromatic carbocycles. The van der Waals surface area contributed by atoms with Crippen LogP contribution < -0.4 is 0 Å². The minimum absolute atomic E-state index is 0.00567. The van der Waals surface area contributed by atoms with Crippen LogP contribution in [0.2, 0.25) is 0 Å². The van der Waals surface area contributed by atoms with E-state index >= 15 is 0 Å². The highest BCUT2D eigenvalue weighted by Gasteiger charge is 2.17. The van der Waals surface area contributed by atoms with Gasteiger partial charge in [0.2, 0.25) is 5.91 Å². The van der Waals surface area contributed by atoms with Gasteiger partial charge in [-0.15, -0.1) is 0 Å². The summed E-state index contributed by atoms with van der Waals surface area (Å²) in [4.78, 5) is 14.0. The van der Waals surface area contributed by atoms with Crippen molar-refractivity contribution in [2.75, 3.05) is 7.05 Å². The van der Waals surface area contributed by atoms with Crippen LogP contribution in [0.4, 0.5) is 0 Å². The average molecular weight is 283 g/mol. The Kier molecular flexibility index (Phi) is 4.99. The maximum absolute atomic E-state index is 12.3. The zero-order valence-corrected chi connectivity index (χ0v) is 12.5. The number of aromatic hydroxyl groups is 1. The molecule has 1 atom stereocenters. The van der Waals surface area contributed by atoms with E-state index in [1.807, 2.05) is 56.4 Å². The maximum Gasteiger partial charge on any atom is 0.223 e. The average Bonchev–Trinajstić information content (AvgIpc) is 2.53. The van der Waals surface area contributed by atoms with Crippen molar-refractivity contribution in [1.29, 1.82) is 0 Å². The van der Waals surface area contributed by atoms with Crippen LogP contribution in [-0.4, -0.2) is 23.0 Å². The molecule has 1 amide bonds. The van der Waals surface area contributed by atoms with E-state index in [2.05, 4.69) is 0 Å². The Balaban J connectivity index is 1.94. The van der Waals surface area contributed by atoms with Gasteiger partial charge in [-0.05, 0) is 36.6 Å². The summed E-state index contributed by atoms with van der Waals surface area (Å²) in [6.07, 6.45) is 1.26. The zero-order valence-electron chi connectivity index (χ0n) is 12.5. The van der Waals surface area contributed by atoms with E-state index < -0.39 is 0 Å². The molecule has 0 radical (unpaired) electrons. The molecule has 0 aliphatic carbocycles. The lowest BCUT2D eigenvalue weighted by atomic mass is 10.1. The second kappa shape index (κ2) is 6.93. The molecule has 0 aliphatic heterocycles. The molecule has 110 valence electrons. The van der Waals surface area contributed by atoms with Crippen LogP contribution in [0.5, 0.6) is 5.75 Å². The second-order valence-electron chi connectivity index (χ2n) is 5.26. The summed E-state index contributed by atoms with van der Waals surface area (Å²) in [6, 6.07) is 17.0. The number of phenols is 1. The maximum atomic E-state index is 12.3. The summed E-state index contributed by atoms with van der Waals surface area (Å²) in [5.74, 6) is 0.364. The molecular formula is C18H21NO2. The number of aryl methyl sites for hydroxylation is 1. The Morgan fingerprint density at radius 2 is 1.71 bits per heavy atom. The lowest BCUT2D eigenvalue weighted by molar-refractivity contribution is -0.131. The Morgan fingerprint density at radius 3 is 2.33 bits per heavy atom. The number of benzene rings is 2. The number of phenolic OH excluding ortho intramolecular Hbond substituents is 1. The van der Waals surface area contributed by atoms with Crippen LogP contribution >= 0.6 is 0 Å². The number of nitrogens with zero attached hydrogens (tertiary/aromatic N) is 1. The third-order valence-corrected chi connectivity index (χ3v) is 3.82. The third-order valence-electron chi connectivity index (χ3n) is 3.82.